The van der Waals surface area contributed by atoms with Gasteiger partial charge in [-0.2, -0.15) is 0 Å². The largest absolute Gasteiger partial charge is 0.489 e. The molecule has 1 aliphatic heterocycles. The third-order valence-corrected chi connectivity index (χ3v) is 27.0. The summed E-state index contributed by atoms with van der Waals surface area (Å²) in [7, 11) is -13.5. The predicted molar refractivity (Wildman–Crippen MR) is 229 cm³/mol. The highest BCUT2D eigenvalue weighted by molar-refractivity contribution is 6.93. The molecule has 1 aromatic rings. The Morgan fingerprint density at radius 2 is 1.36 bits per heavy atom. The Morgan fingerprint density at radius 3 is 1.87 bits per heavy atom. The molecule has 0 saturated carbocycles. The van der Waals surface area contributed by atoms with Crippen LogP contribution in [0, 0.1) is 0 Å². The molecule has 3 atom stereocenters. The van der Waals surface area contributed by atoms with Crippen LogP contribution in [0.15, 0.2) is 41.6 Å². The summed E-state index contributed by atoms with van der Waals surface area (Å²) in [6.45, 7) is 32.1. The second-order valence-electron chi connectivity index (χ2n) is 16.3. The molecule has 2 rings (SSSR count). The lowest BCUT2D eigenvalue weighted by molar-refractivity contribution is -0.146. The number of likely N-dealkylation sites (tertiary alicyclic amines) is 1. The minimum atomic E-state index is -3.22. The monoisotopic (exact) mass is 855 g/mol. The van der Waals surface area contributed by atoms with Gasteiger partial charge in [0.1, 0.15) is 17.9 Å². The number of esters is 2. The quantitative estimate of drug-likeness (QED) is 0.0224. The number of ether oxygens (including phenoxy) is 4. The van der Waals surface area contributed by atoms with E-state index in [0.717, 1.165) is 31.0 Å². The van der Waals surface area contributed by atoms with Gasteiger partial charge in [0.2, 0.25) is 5.91 Å². The number of nitrogens with zero attached hydrogens (tertiary/aromatic N) is 1. The van der Waals surface area contributed by atoms with E-state index < -0.39 is 54.3 Å². The first-order valence-corrected chi connectivity index (χ1v) is 33.9. The van der Waals surface area contributed by atoms with Crippen LogP contribution in [0.2, 0.25) is 71.0 Å². The van der Waals surface area contributed by atoms with Gasteiger partial charge < -0.3 is 40.3 Å². The van der Waals surface area contributed by atoms with Crippen molar-refractivity contribution in [1.29, 1.82) is 0 Å². The van der Waals surface area contributed by atoms with Crippen LogP contribution in [0.5, 0.6) is 5.75 Å². The molecule has 17 heteroatoms. The molecule has 0 radical (unpaired) electrons. The molecule has 0 aliphatic carbocycles. The van der Waals surface area contributed by atoms with Crippen molar-refractivity contribution in [2.45, 2.75) is 117 Å². The van der Waals surface area contributed by atoms with Crippen LogP contribution in [0.3, 0.4) is 0 Å². The number of carbonyl (C=O) groups is 3. The van der Waals surface area contributed by atoms with Crippen LogP contribution in [0.4, 0.5) is 0 Å². The second kappa shape index (κ2) is 22.1. The molecular formula is C38H69NO11Si5. The normalized spacial score (nSPS) is 16.8. The summed E-state index contributed by atoms with van der Waals surface area (Å²) in [5.74, 6) is -0.730. The fourth-order valence-corrected chi connectivity index (χ4v) is 28.9. The maximum absolute atomic E-state index is 12.6. The fourth-order valence-electron chi connectivity index (χ4n) is 6.14. The Kier molecular flexibility index (Phi) is 19.6. The molecule has 312 valence electrons. The van der Waals surface area contributed by atoms with Crippen molar-refractivity contribution in [2.75, 3.05) is 46.1 Å². The third kappa shape index (κ3) is 17.9. The van der Waals surface area contributed by atoms with E-state index in [1.807, 2.05) is 11.4 Å². The van der Waals surface area contributed by atoms with E-state index in [-0.39, 0.29) is 31.3 Å². The Hall–Kier alpha value is -2.21. The zero-order chi connectivity index (χ0) is 41.5. The highest BCUT2D eigenvalue weighted by Gasteiger charge is 2.52. The lowest BCUT2D eigenvalue weighted by atomic mass is 10.1. The maximum Gasteiger partial charge on any atom is 0.348 e. The summed E-state index contributed by atoms with van der Waals surface area (Å²) in [6, 6.07) is 8.25. The van der Waals surface area contributed by atoms with Crippen LogP contribution in [0.25, 0.3) is 6.08 Å². The summed E-state index contributed by atoms with van der Waals surface area (Å²) in [4.78, 5) is 39.4. The zero-order valence-corrected chi connectivity index (χ0v) is 40.7. The molecule has 1 saturated heterocycles. The van der Waals surface area contributed by atoms with Gasteiger partial charge in [-0.3, -0.25) is 4.79 Å². The van der Waals surface area contributed by atoms with Crippen molar-refractivity contribution in [3.05, 3.63) is 47.2 Å². The molecule has 0 aromatic heterocycles. The van der Waals surface area contributed by atoms with Gasteiger partial charge in [-0.1, -0.05) is 32.1 Å². The molecule has 3 unspecified atom stereocenters. The van der Waals surface area contributed by atoms with Gasteiger partial charge >= 0.3 is 37.6 Å². The van der Waals surface area contributed by atoms with E-state index in [9.17, 15) is 14.4 Å². The molecule has 0 N–H and O–H groups in total. The predicted octanol–water partition coefficient (Wildman–Crippen LogP) is 8.06. The van der Waals surface area contributed by atoms with Gasteiger partial charge in [-0.05, 0) is 109 Å². The summed E-state index contributed by atoms with van der Waals surface area (Å²) >= 11 is 0. The Labute approximate surface area is 336 Å². The lowest BCUT2D eigenvalue weighted by Gasteiger charge is -2.45. The lowest BCUT2D eigenvalue weighted by Crippen LogP contribution is -2.62. The molecular weight excluding hydrogens is 787 g/mol. The molecule has 1 amide bonds. The standard InChI is InChI=1S/C38H69NO11Si5/c1-14-17-26-43-27-29-54(12,49-53(11,47-51(5,6)7)28-25-39-24-18-19-36(39)40)50-55(13,48-52(8,9)10)32(4)31-46-34-22-20-33(21-23-34)30-35(37(41)44-15-2)38(42)45-16-3/h20-23,30H,4,14-19,24-29,31H2,1-3,5-13H3. The maximum atomic E-state index is 12.6. The van der Waals surface area contributed by atoms with Crippen molar-refractivity contribution < 1.29 is 49.8 Å². The van der Waals surface area contributed by atoms with Gasteiger partial charge in [0, 0.05) is 50.0 Å². The SMILES string of the molecule is C=C(COc1ccc(C=C(C(=O)OCC)C(=O)OCC)cc1)[Si](C)(O[Si](C)(C)C)O[Si](C)(CCOCCCC)O[Si](C)(CCN1CCCC1=O)O[Si](C)(C)C. The fraction of sp³-hybridized carbons (Fsp3) is 0.658. The van der Waals surface area contributed by atoms with Crippen LogP contribution in [0.1, 0.15) is 52.0 Å². The summed E-state index contributed by atoms with van der Waals surface area (Å²) in [5, 5.41) is 0.720. The van der Waals surface area contributed by atoms with Crippen LogP contribution >= 0.6 is 0 Å². The van der Waals surface area contributed by atoms with Gasteiger partial charge in [0.05, 0.1) is 13.2 Å². The van der Waals surface area contributed by atoms with Gasteiger partial charge in [0.15, 0.2) is 16.6 Å². The topological polar surface area (TPSA) is 128 Å². The van der Waals surface area contributed by atoms with Crippen LogP contribution in [-0.2, 0) is 45.1 Å². The highest BCUT2D eigenvalue weighted by Crippen LogP contribution is 2.34. The summed E-state index contributed by atoms with van der Waals surface area (Å²) in [6.07, 6.45) is 4.94. The van der Waals surface area contributed by atoms with Gasteiger partial charge in [-0.15, -0.1) is 0 Å². The number of amides is 1. The smallest absolute Gasteiger partial charge is 0.348 e. The second-order valence-corrected chi connectivity index (χ2v) is 36.1. The number of benzene rings is 1. The molecule has 0 spiro atoms. The van der Waals surface area contributed by atoms with E-state index in [0.29, 0.717) is 49.6 Å². The third-order valence-electron chi connectivity index (χ3n) is 8.45. The van der Waals surface area contributed by atoms with Crippen molar-refractivity contribution in [1.82, 2.24) is 4.90 Å². The minimum Gasteiger partial charge on any atom is -0.489 e. The Balaban J connectivity index is 2.40. The van der Waals surface area contributed by atoms with Crippen molar-refractivity contribution in [2.24, 2.45) is 0 Å². The molecule has 1 aliphatic rings. The van der Waals surface area contributed by atoms with Crippen LogP contribution < -0.4 is 4.74 Å². The Bertz CT molecular complexity index is 1430. The summed E-state index contributed by atoms with van der Waals surface area (Å²) in [5.41, 5.74) is 0.422. The molecule has 12 nitrogen and oxygen atoms in total. The number of carbonyl (C=O) groups excluding carboxylic acids is 3. The Morgan fingerprint density at radius 1 is 0.782 bits per heavy atom. The van der Waals surface area contributed by atoms with E-state index in [1.165, 1.54) is 6.08 Å². The highest BCUT2D eigenvalue weighted by atomic mass is 28.5. The zero-order valence-electron chi connectivity index (χ0n) is 35.7. The number of hydrogen-bond acceptors (Lipinski definition) is 11. The van der Waals surface area contributed by atoms with E-state index in [2.05, 4.69) is 65.9 Å². The van der Waals surface area contributed by atoms with Gasteiger partial charge in [0.25, 0.3) is 0 Å². The van der Waals surface area contributed by atoms with E-state index in [1.54, 1.807) is 38.1 Å². The van der Waals surface area contributed by atoms with E-state index >= 15 is 0 Å². The van der Waals surface area contributed by atoms with Crippen molar-refractivity contribution in [3.8, 4) is 5.75 Å². The first kappa shape index (κ1) is 48.9. The van der Waals surface area contributed by atoms with Crippen molar-refractivity contribution in [3.63, 3.8) is 0 Å². The minimum absolute atomic E-state index is 0.133. The molecule has 1 heterocycles. The molecule has 1 fully saturated rings. The number of rotatable bonds is 26. The van der Waals surface area contributed by atoms with Crippen molar-refractivity contribution >= 4 is 66.2 Å². The first-order chi connectivity index (χ1) is 25.6. The average molecular weight is 856 g/mol. The molecule has 1 aromatic carbocycles. The van der Waals surface area contributed by atoms with E-state index in [4.69, 9.17) is 35.4 Å². The number of hydrogen-bond donors (Lipinski definition) is 0. The van der Waals surface area contributed by atoms with Gasteiger partial charge in [-0.25, -0.2) is 9.59 Å². The van der Waals surface area contributed by atoms with Crippen LogP contribution in [-0.4, -0.2) is 111 Å². The average Bonchev–Trinajstić information content (AvgIpc) is 3.48. The first-order valence-electron chi connectivity index (χ1n) is 19.7. The molecule has 55 heavy (non-hydrogen) atoms. The number of unbranched alkanes of at least 4 members (excludes halogenated alkanes) is 1. The molecule has 0 bridgehead atoms. The summed E-state index contributed by atoms with van der Waals surface area (Å²) < 4.78 is 51.0.